The van der Waals surface area contributed by atoms with E-state index in [1.54, 1.807) is 24.1 Å². The van der Waals surface area contributed by atoms with Gasteiger partial charge in [-0.2, -0.15) is 0 Å². The van der Waals surface area contributed by atoms with Crippen LogP contribution in [0.4, 0.5) is 11.4 Å². The lowest BCUT2D eigenvalue weighted by atomic mass is 10.1. The quantitative estimate of drug-likeness (QED) is 0.460. The summed E-state index contributed by atoms with van der Waals surface area (Å²) < 4.78 is 4.93. The molecule has 1 fully saturated rings. The average molecular weight is 336 g/mol. The fourth-order valence-electron chi connectivity index (χ4n) is 2.70. The predicted octanol–water partition coefficient (Wildman–Crippen LogP) is 1.43. The van der Waals surface area contributed by atoms with Gasteiger partial charge in [0.2, 0.25) is 0 Å². The van der Waals surface area contributed by atoms with Gasteiger partial charge in [-0.05, 0) is 18.7 Å². The van der Waals surface area contributed by atoms with Crippen molar-refractivity contribution in [3.8, 4) is 0 Å². The minimum atomic E-state index is -0.471. The van der Waals surface area contributed by atoms with Crippen molar-refractivity contribution in [3.05, 3.63) is 33.9 Å². The van der Waals surface area contributed by atoms with Crippen molar-refractivity contribution in [2.45, 2.75) is 6.92 Å². The number of amides is 1. The second-order valence-electron chi connectivity index (χ2n) is 5.64. The third kappa shape index (κ3) is 4.42. The Hall–Kier alpha value is -2.19. The zero-order valence-electron chi connectivity index (χ0n) is 14.2. The van der Waals surface area contributed by atoms with Crippen molar-refractivity contribution in [1.82, 2.24) is 9.80 Å². The Bertz CT molecular complexity index is 585. The maximum atomic E-state index is 12.6. The number of ether oxygens (including phenoxy) is 1. The first-order chi connectivity index (χ1) is 11.6. The number of rotatable bonds is 7. The molecule has 132 valence electrons. The van der Waals surface area contributed by atoms with Gasteiger partial charge in [0, 0.05) is 51.5 Å². The van der Waals surface area contributed by atoms with Gasteiger partial charge in [-0.1, -0.05) is 6.92 Å². The van der Waals surface area contributed by atoms with E-state index in [1.165, 1.54) is 6.07 Å². The molecule has 0 aliphatic carbocycles. The van der Waals surface area contributed by atoms with Gasteiger partial charge in [-0.15, -0.1) is 0 Å². The Morgan fingerprint density at radius 3 is 2.62 bits per heavy atom. The number of carbonyl (C=O) groups is 1. The van der Waals surface area contributed by atoms with Crippen LogP contribution in [-0.4, -0.2) is 73.6 Å². The Morgan fingerprint density at radius 2 is 2.04 bits per heavy atom. The van der Waals surface area contributed by atoms with Gasteiger partial charge in [0.25, 0.3) is 11.6 Å². The highest BCUT2D eigenvalue weighted by molar-refractivity contribution is 5.95. The number of anilines is 1. The molecule has 1 aromatic carbocycles. The van der Waals surface area contributed by atoms with Gasteiger partial charge in [-0.3, -0.25) is 14.9 Å². The Labute approximate surface area is 141 Å². The van der Waals surface area contributed by atoms with Crippen LogP contribution in [0.5, 0.6) is 0 Å². The van der Waals surface area contributed by atoms with E-state index < -0.39 is 4.92 Å². The third-order valence-electron chi connectivity index (χ3n) is 4.17. The molecule has 1 heterocycles. The van der Waals surface area contributed by atoms with Gasteiger partial charge >= 0.3 is 0 Å². The number of nitro groups is 1. The van der Waals surface area contributed by atoms with Crippen LogP contribution in [-0.2, 0) is 4.74 Å². The Balaban J connectivity index is 2.11. The highest BCUT2D eigenvalue weighted by Crippen LogP contribution is 2.26. The van der Waals surface area contributed by atoms with Crippen LogP contribution in [0.25, 0.3) is 0 Å². The second-order valence-corrected chi connectivity index (χ2v) is 5.64. The van der Waals surface area contributed by atoms with E-state index >= 15 is 0 Å². The molecule has 24 heavy (non-hydrogen) atoms. The molecule has 0 bridgehead atoms. The molecule has 8 nitrogen and oxygen atoms in total. The van der Waals surface area contributed by atoms with Crippen LogP contribution >= 0.6 is 0 Å². The molecule has 0 saturated carbocycles. The van der Waals surface area contributed by atoms with Gasteiger partial charge in [0.1, 0.15) is 5.69 Å². The van der Waals surface area contributed by atoms with E-state index in [9.17, 15) is 14.9 Å². The average Bonchev–Trinajstić information content (AvgIpc) is 2.61. The smallest absolute Gasteiger partial charge is 0.293 e. The van der Waals surface area contributed by atoms with Crippen molar-refractivity contribution >= 4 is 17.3 Å². The molecule has 8 heteroatoms. The molecule has 1 aliphatic heterocycles. The highest BCUT2D eigenvalue weighted by Gasteiger charge is 2.24. The van der Waals surface area contributed by atoms with Crippen LogP contribution in [0.1, 0.15) is 17.3 Å². The van der Waals surface area contributed by atoms with Crippen LogP contribution in [0.2, 0.25) is 0 Å². The number of nitro benzene ring substituents is 1. The van der Waals surface area contributed by atoms with Gasteiger partial charge in [0.05, 0.1) is 11.5 Å². The van der Waals surface area contributed by atoms with E-state index in [-0.39, 0.29) is 11.6 Å². The first-order valence-electron chi connectivity index (χ1n) is 8.09. The number of hydrogen-bond donors (Lipinski definition) is 1. The van der Waals surface area contributed by atoms with Crippen molar-refractivity contribution < 1.29 is 14.5 Å². The normalized spacial score (nSPS) is 15.3. The fraction of sp³-hybridized carbons (Fsp3) is 0.562. The summed E-state index contributed by atoms with van der Waals surface area (Å²) in [5.74, 6) is -0.155. The predicted molar refractivity (Wildman–Crippen MR) is 91.5 cm³/mol. The highest BCUT2D eigenvalue weighted by atomic mass is 16.6. The Kier molecular flexibility index (Phi) is 6.51. The summed E-state index contributed by atoms with van der Waals surface area (Å²) in [5, 5.41) is 14.2. The summed E-state index contributed by atoms with van der Waals surface area (Å²) in [6.45, 7) is 6.93. The van der Waals surface area contributed by atoms with Crippen molar-refractivity contribution in [2.24, 2.45) is 0 Å². The maximum absolute atomic E-state index is 12.6. The minimum Gasteiger partial charge on any atom is -0.383 e. The molecule has 0 spiro atoms. The molecule has 1 saturated heterocycles. The number of nitrogens with zero attached hydrogens (tertiary/aromatic N) is 3. The van der Waals surface area contributed by atoms with Gasteiger partial charge in [0.15, 0.2) is 0 Å². The molecule has 0 radical (unpaired) electrons. The largest absolute Gasteiger partial charge is 0.383 e. The van der Waals surface area contributed by atoms with Crippen LogP contribution in [0.3, 0.4) is 0 Å². The lowest BCUT2D eigenvalue weighted by molar-refractivity contribution is -0.384. The maximum Gasteiger partial charge on any atom is 0.293 e. The van der Waals surface area contributed by atoms with E-state index in [4.69, 9.17) is 4.74 Å². The van der Waals surface area contributed by atoms with Crippen LogP contribution in [0, 0.1) is 10.1 Å². The van der Waals surface area contributed by atoms with Crippen LogP contribution in [0.15, 0.2) is 18.2 Å². The number of hydrogen-bond acceptors (Lipinski definition) is 6. The van der Waals surface area contributed by atoms with Gasteiger partial charge in [-0.25, -0.2) is 0 Å². The second kappa shape index (κ2) is 8.60. The summed E-state index contributed by atoms with van der Waals surface area (Å²) in [5.41, 5.74) is 0.650. The molecule has 1 aliphatic rings. The summed E-state index contributed by atoms with van der Waals surface area (Å²) in [6.07, 6.45) is 0. The lowest BCUT2D eigenvalue weighted by Gasteiger charge is -2.34. The molecular formula is C16H24N4O4. The molecule has 1 amide bonds. The SMILES string of the molecule is CCN1CCN(C(=O)c2ccc(NCCOC)c([N+](=O)[O-])c2)CC1. The standard InChI is InChI=1S/C16H24N4O4/c1-3-18-7-9-19(10-8-18)16(21)13-4-5-14(17-6-11-24-2)15(12-13)20(22)23/h4-5,12,17H,3,6-11H2,1-2H3. The minimum absolute atomic E-state index is 0.0934. The topological polar surface area (TPSA) is 88.0 Å². The fourth-order valence-corrected chi connectivity index (χ4v) is 2.70. The Morgan fingerprint density at radius 1 is 1.33 bits per heavy atom. The number of benzene rings is 1. The van der Waals surface area contributed by atoms with E-state index in [1.807, 2.05) is 0 Å². The summed E-state index contributed by atoms with van der Waals surface area (Å²) in [4.78, 5) is 27.4. The van der Waals surface area contributed by atoms with Gasteiger partial charge < -0.3 is 19.9 Å². The summed E-state index contributed by atoms with van der Waals surface area (Å²) in [6, 6.07) is 4.57. The molecular weight excluding hydrogens is 312 g/mol. The van der Waals surface area contributed by atoms with E-state index in [2.05, 4.69) is 17.1 Å². The zero-order chi connectivity index (χ0) is 17.5. The first-order valence-corrected chi connectivity index (χ1v) is 8.09. The summed E-state index contributed by atoms with van der Waals surface area (Å²) >= 11 is 0. The van der Waals surface area contributed by atoms with Crippen molar-refractivity contribution in [1.29, 1.82) is 0 Å². The number of likely N-dealkylation sites (N-methyl/N-ethyl adjacent to an activating group) is 1. The molecule has 2 rings (SSSR count). The summed E-state index contributed by atoms with van der Waals surface area (Å²) in [7, 11) is 1.57. The first kappa shape index (κ1) is 18.2. The molecule has 0 aromatic heterocycles. The number of methoxy groups -OCH3 is 1. The van der Waals surface area contributed by atoms with E-state index in [0.717, 1.165) is 19.6 Å². The molecule has 1 N–H and O–H groups in total. The third-order valence-corrected chi connectivity index (χ3v) is 4.17. The monoisotopic (exact) mass is 336 g/mol. The van der Waals surface area contributed by atoms with Crippen molar-refractivity contribution in [2.75, 3.05) is 58.3 Å². The molecule has 0 unspecified atom stereocenters. The number of nitrogens with one attached hydrogen (secondary N) is 1. The van der Waals surface area contributed by atoms with E-state index in [0.29, 0.717) is 37.5 Å². The zero-order valence-corrected chi connectivity index (χ0v) is 14.2. The molecule has 1 aromatic rings. The van der Waals surface area contributed by atoms with Crippen molar-refractivity contribution in [3.63, 3.8) is 0 Å². The number of carbonyl (C=O) groups excluding carboxylic acids is 1. The number of piperazine rings is 1. The van der Waals surface area contributed by atoms with Crippen LogP contribution < -0.4 is 5.32 Å². The lowest BCUT2D eigenvalue weighted by Crippen LogP contribution is -2.48. The molecule has 0 atom stereocenters.